The Morgan fingerprint density at radius 3 is 2.67 bits per heavy atom. The molecule has 1 N–H and O–H groups in total. The van der Waals surface area contributed by atoms with E-state index in [-0.39, 0.29) is 17.9 Å². The Hall–Kier alpha value is -1.95. The van der Waals surface area contributed by atoms with E-state index in [4.69, 9.17) is 0 Å². The maximum Gasteiger partial charge on any atom is 0.317 e. The molecule has 2 rings (SSSR count). The minimum atomic E-state index is -0.284. The lowest BCUT2D eigenvalue weighted by Gasteiger charge is -2.21. The second kappa shape index (κ2) is 6.67. The molecule has 0 fully saturated rings. The summed E-state index contributed by atoms with van der Waals surface area (Å²) in [5.74, 6) is -0.284. The van der Waals surface area contributed by atoms with Crippen LogP contribution in [0.3, 0.4) is 0 Å². The van der Waals surface area contributed by atoms with Crippen molar-refractivity contribution >= 4 is 17.4 Å². The summed E-state index contributed by atoms with van der Waals surface area (Å²) in [6, 6.07) is 5.75. The molecular formula is C15H18FN3OS. The molecule has 4 nitrogen and oxygen atoms in total. The Morgan fingerprint density at radius 1 is 1.43 bits per heavy atom. The fourth-order valence-corrected chi connectivity index (χ4v) is 2.53. The quantitative estimate of drug-likeness (QED) is 0.939. The number of thiazole rings is 1. The SMILES string of the molecule is Cc1nc(CN(C)C(=O)NC(C)c2ccc(F)cc2)cs1. The van der Waals surface area contributed by atoms with Crippen LogP contribution in [0, 0.1) is 12.7 Å². The zero-order valence-corrected chi connectivity index (χ0v) is 13.1. The van der Waals surface area contributed by atoms with Crippen LogP contribution < -0.4 is 5.32 Å². The first-order valence-corrected chi connectivity index (χ1v) is 7.52. The second-order valence-electron chi connectivity index (χ2n) is 4.94. The predicted octanol–water partition coefficient (Wildman–Crippen LogP) is 3.49. The first-order chi connectivity index (χ1) is 9.95. The third-order valence-electron chi connectivity index (χ3n) is 3.12. The summed E-state index contributed by atoms with van der Waals surface area (Å²) in [6.45, 7) is 4.27. The van der Waals surface area contributed by atoms with Crippen LogP contribution in [0.1, 0.15) is 29.2 Å². The van der Waals surface area contributed by atoms with E-state index in [1.165, 1.54) is 12.1 Å². The van der Waals surface area contributed by atoms with Crippen molar-refractivity contribution in [1.82, 2.24) is 15.2 Å². The number of amides is 2. The number of hydrogen-bond acceptors (Lipinski definition) is 3. The number of carbonyl (C=O) groups is 1. The van der Waals surface area contributed by atoms with Crippen molar-refractivity contribution in [2.75, 3.05) is 7.05 Å². The van der Waals surface area contributed by atoms with Gasteiger partial charge in [-0.15, -0.1) is 11.3 Å². The third-order valence-corrected chi connectivity index (χ3v) is 3.94. The van der Waals surface area contributed by atoms with Crippen LogP contribution in [0.2, 0.25) is 0 Å². The molecule has 0 bridgehead atoms. The van der Waals surface area contributed by atoms with Gasteiger partial charge in [-0.25, -0.2) is 14.2 Å². The smallest absolute Gasteiger partial charge is 0.317 e. The monoisotopic (exact) mass is 307 g/mol. The van der Waals surface area contributed by atoms with Crippen molar-refractivity contribution in [3.05, 3.63) is 51.7 Å². The average molecular weight is 307 g/mol. The van der Waals surface area contributed by atoms with Gasteiger partial charge in [-0.05, 0) is 31.5 Å². The van der Waals surface area contributed by atoms with Crippen molar-refractivity contribution < 1.29 is 9.18 Å². The van der Waals surface area contributed by atoms with Crippen LogP contribution in [0.4, 0.5) is 9.18 Å². The van der Waals surface area contributed by atoms with E-state index in [0.29, 0.717) is 6.54 Å². The fraction of sp³-hybridized carbons (Fsp3) is 0.333. The van der Waals surface area contributed by atoms with E-state index in [0.717, 1.165) is 16.3 Å². The predicted molar refractivity (Wildman–Crippen MR) is 81.7 cm³/mol. The zero-order valence-electron chi connectivity index (χ0n) is 12.3. The molecule has 1 aromatic carbocycles. The van der Waals surface area contributed by atoms with Crippen LogP contribution in [-0.2, 0) is 6.54 Å². The Morgan fingerprint density at radius 2 is 2.10 bits per heavy atom. The maximum absolute atomic E-state index is 12.9. The summed E-state index contributed by atoms with van der Waals surface area (Å²) < 4.78 is 12.9. The van der Waals surface area contributed by atoms with Crippen LogP contribution in [-0.4, -0.2) is 23.0 Å². The highest BCUT2D eigenvalue weighted by atomic mass is 32.1. The van der Waals surface area contributed by atoms with Gasteiger partial charge in [0.2, 0.25) is 0 Å². The van der Waals surface area contributed by atoms with E-state index < -0.39 is 0 Å². The van der Waals surface area contributed by atoms with E-state index in [9.17, 15) is 9.18 Å². The van der Waals surface area contributed by atoms with E-state index in [2.05, 4.69) is 10.3 Å². The van der Waals surface area contributed by atoms with Crippen molar-refractivity contribution in [2.24, 2.45) is 0 Å². The number of aryl methyl sites for hydroxylation is 1. The molecule has 1 heterocycles. The molecule has 112 valence electrons. The van der Waals surface area contributed by atoms with Gasteiger partial charge in [0.05, 0.1) is 23.3 Å². The van der Waals surface area contributed by atoms with Gasteiger partial charge in [-0.2, -0.15) is 0 Å². The van der Waals surface area contributed by atoms with Gasteiger partial charge in [0.15, 0.2) is 0 Å². The molecule has 1 unspecified atom stereocenters. The lowest BCUT2D eigenvalue weighted by atomic mass is 10.1. The lowest BCUT2D eigenvalue weighted by Crippen LogP contribution is -2.38. The zero-order chi connectivity index (χ0) is 15.4. The van der Waals surface area contributed by atoms with Gasteiger partial charge in [-0.1, -0.05) is 12.1 Å². The molecule has 6 heteroatoms. The standard InChI is InChI=1S/C15H18FN3OS/c1-10(12-4-6-13(16)7-5-12)17-15(20)19(3)8-14-9-21-11(2)18-14/h4-7,9-10H,8H2,1-3H3,(H,17,20). The highest BCUT2D eigenvalue weighted by molar-refractivity contribution is 7.09. The van der Waals surface area contributed by atoms with Crippen molar-refractivity contribution in [2.45, 2.75) is 26.4 Å². The van der Waals surface area contributed by atoms with Crippen LogP contribution in [0.15, 0.2) is 29.6 Å². The van der Waals surface area contributed by atoms with Crippen LogP contribution in [0.5, 0.6) is 0 Å². The van der Waals surface area contributed by atoms with E-state index in [1.807, 2.05) is 19.2 Å². The molecule has 0 aliphatic rings. The molecule has 21 heavy (non-hydrogen) atoms. The number of halogens is 1. The van der Waals surface area contributed by atoms with Gasteiger partial charge in [0.25, 0.3) is 0 Å². The summed E-state index contributed by atoms with van der Waals surface area (Å²) in [7, 11) is 1.72. The molecule has 0 spiro atoms. The number of nitrogens with zero attached hydrogens (tertiary/aromatic N) is 2. The first-order valence-electron chi connectivity index (χ1n) is 6.64. The van der Waals surface area contributed by atoms with E-state index >= 15 is 0 Å². The number of carbonyl (C=O) groups excluding carboxylic acids is 1. The van der Waals surface area contributed by atoms with Gasteiger partial charge < -0.3 is 10.2 Å². The number of rotatable bonds is 4. The molecule has 2 aromatic rings. The van der Waals surface area contributed by atoms with Gasteiger partial charge in [0, 0.05) is 12.4 Å². The van der Waals surface area contributed by atoms with Gasteiger partial charge in [0.1, 0.15) is 5.82 Å². The summed E-state index contributed by atoms with van der Waals surface area (Å²) in [5.41, 5.74) is 1.74. The van der Waals surface area contributed by atoms with E-state index in [1.54, 1.807) is 35.4 Å². The topological polar surface area (TPSA) is 45.2 Å². The summed E-state index contributed by atoms with van der Waals surface area (Å²) in [4.78, 5) is 18.0. The minimum Gasteiger partial charge on any atom is -0.331 e. The molecule has 1 atom stereocenters. The third kappa shape index (κ3) is 4.26. The Balaban J connectivity index is 1.92. The molecule has 0 radical (unpaired) electrons. The Kier molecular flexibility index (Phi) is 4.90. The Labute approximate surface area is 127 Å². The van der Waals surface area contributed by atoms with Crippen molar-refractivity contribution in [1.29, 1.82) is 0 Å². The van der Waals surface area contributed by atoms with Crippen molar-refractivity contribution in [3.63, 3.8) is 0 Å². The molecule has 0 saturated heterocycles. The lowest BCUT2D eigenvalue weighted by molar-refractivity contribution is 0.203. The summed E-state index contributed by atoms with van der Waals surface area (Å²) >= 11 is 1.57. The molecule has 2 amide bonds. The van der Waals surface area contributed by atoms with Crippen LogP contribution >= 0.6 is 11.3 Å². The Bertz CT molecular complexity index is 612. The maximum atomic E-state index is 12.9. The first kappa shape index (κ1) is 15.4. The highest BCUT2D eigenvalue weighted by Crippen LogP contribution is 2.14. The number of benzene rings is 1. The summed E-state index contributed by atoms with van der Waals surface area (Å²) in [6.07, 6.45) is 0. The van der Waals surface area contributed by atoms with Crippen LogP contribution in [0.25, 0.3) is 0 Å². The normalized spacial score (nSPS) is 12.0. The van der Waals surface area contributed by atoms with Gasteiger partial charge >= 0.3 is 6.03 Å². The number of urea groups is 1. The minimum absolute atomic E-state index is 0.183. The highest BCUT2D eigenvalue weighted by Gasteiger charge is 2.14. The fourth-order valence-electron chi connectivity index (χ4n) is 1.93. The second-order valence-corrected chi connectivity index (χ2v) is 6.00. The number of hydrogen-bond donors (Lipinski definition) is 1. The largest absolute Gasteiger partial charge is 0.331 e. The molecular weight excluding hydrogens is 289 g/mol. The molecule has 0 aliphatic heterocycles. The number of nitrogens with one attached hydrogen (secondary N) is 1. The van der Waals surface area contributed by atoms with Gasteiger partial charge in [-0.3, -0.25) is 0 Å². The molecule has 1 aromatic heterocycles. The molecule has 0 saturated carbocycles. The number of aromatic nitrogens is 1. The van der Waals surface area contributed by atoms with Crippen molar-refractivity contribution in [3.8, 4) is 0 Å². The molecule has 0 aliphatic carbocycles. The average Bonchev–Trinajstić information content (AvgIpc) is 2.84. The summed E-state index contributed by atoms with van der Waals surface area (Å²) in [5, 5.41) is 5.81.